The molecule has 5 heterocycles. The van der Waals surface area contributed by atoms with E-state index in [1.165, 1.54) is 29.3 Å². The Hall–Kier alpha value is -4.64. The van der Waals surface area contributed by atoms with Gasteiger partial charge in [-0.1, -0.05) is 53.6 Å². The fraction of sp³-hybridized carbons (Fsp3) is 0.0833. The first-order valence-corrected chi connectivity index (χ1v) is 12.7. The first-order valence-electron chi connectivity index (χ1n) is 17.2. The van der Waals surface area contributed by atoms with Gasteiger partial charge in [0.15, 0.2) is 0 Å². The van der Waals surface area contributed by atoms with Gasteiger partial charge < -0.3 is 18.8 Å². The number of aryl methyl sites for hydroxylation is 3. The van der Waals surface area contributed by atoms with Gasteiger partial charge in [-0.25, -0.2) is 4.98 Å². The van der Waals surface area contributed by atoms with Crippen LogP contribution in [0.4, 0.5) is 0 Å². The monoisotopic (exact) mass is 733 g/mol. The molecular formula is C36H25IrN3O2-2. The Bertz CT molecular complexity index is 2400. The SMILES string of the molecule is [2H]C([2H])([2H])c1cc2oc3c[c-]c(-c4cc(C([2H])([2H])[2H])c(C([2H])([2H])[2H])cn4)c4oc(n1)c2c34.[Ir].[c-]1ccccc1-c1cc(-c2ccccc2)ccn1. The predicted octanol–water partition coefficient (Wildman–Crippen LogP) is 9.17. The molecule has 0 amide bonds. The molecule has 0 aliphatic heterocycles. The zero-order valence-corrected chi connectivity index (χ0v) is 24.1. The second-order valence-corrected chi connectivity index (χ2v) is 9.31. The third-order valence-electron chi connectivity index (χ3n) is 6.68. The van der Waals surface area contributed by atoms with Crippen LogP contribution in [0.2, 0.25) is 0 Å². The van der Waals surface area contributed by atoms with Gasteiger partial charge in [0.25, 0.3) is 0 Å². The van der Waals surface area contributed by atoms with Crippen molar-refractivity contribution in [2.45, 2.75) is 20.6 Å². The molecule has 0 unspecified atom stereocenters. The standard InChI is InChI=1S/C19H13N2O2.C17H12N.Ir/c1-9-6-13(20-8-10(9)2)12-4-5-14-16-17-15(22-14)7-11(3)21-19(17)23-18(12)16;1-3-7-14(8-4-1)16-11-12-18-17(13-16)15-9-5-2-6-10-15;/h5-8H,1-3H3;1-9,11-13H;/q2*-1;/i1D3,2D3,3D3;;. The molecule has 3 aromatic carbocycles. The molecule has 5 nitrogen and oxygen atoms in total. The van der Waals surface area contributed by atoms with Crippen molar-refractivity contribution in [3.05, 3.63) is 126 Å². The van der Waals surface area contributed by atoms with Crippen LogP contribution < -0.4 is 0 Å². The second kappa shape index (κ2) is 11.3. The summed E-state index contributed by atoms with van der Waals surface area (Å²) >= 11 is 0. The zero-order valence-electron chi connectivity index (χ0n) is 30.7. The molecule has 0 atom stereocenters. The van der Waals surface area contributed by atoms with Crippen LogP contribution >= 0.6 is 0 Å². The van der Waals surface area contributed by atoms with Crippen LogP contribution in [0.25, 0.3) is 66.9 Å². The molecule has 42 heavy (non-hydrogen) atoms. The van der Waals surface area contributed by atoms with Crippen LogP contribution in [0.1, 0.15) is 29.2 Å². The Kier molecular flexibility index (Phi) is 5.05. The van der Waals surface area contributed by atoms with Crippen molar-refractivity contribution in [1.82, 2.24) is 15.0 Å². The Balaban J connectivity index is 0.000000200. The summed E-state index contributed by atoms with van der Waals surface area (Å²) in [6, 6.07) is 32.5. The van der Waals surface area contributed by atoms with Crippen LogP contribution in [0.3, 0.4) is 0 Å². The number of rotatable bonds is 3. The minimum atomic E-state index is -2.69. The maximum Gasteiger partial charge on any atom is 0.220 e. The molecule has 0 saturated heterocycles. The first-order chi connectivity index (χ1) is 23.7. The topological polar surface area (TPSA) is 65.0 Å². The van der Waals surface area contributed by atoms with E-state index in [2.05, 4.69) is 45.3 Å². The van der Waals surface area contributed by atoms with Crippen molar-refractivity contribution in [1.29, 1.82) is 0 Å². The maximum atomic E-state index is 7.77. The van der Waals surface area contributed by atoms with Crippen LogP contribution in [-0.2, 0) is 20.1 Å². The molecule has 0 saturated carbocycles. The minimum absolute atomic E-state index is 0. The fourth-order valence-corrected chi connectivity index (χ4v) is 4.75. The normalized spacial score (nSPS) is 15.1. The van der Waals surface area contributed by atoms with Crippen molar-refractivity contribution < 1.29 is 41.3 Å². The number of benzene rings is 3. The third-order valence-corrected chi connectivity index (χ3v) is 6.68. The van der Waals surface area contributed by atoms with Gasteiger partial charge in [0.05, 0.1) is 16.6 Å². The van der Waals surface area contributed by atoms with Gasteiger partial charge in [-0.2, -0.15) is 0 Å². The minimum Gasteiger partial charge on any atom is -0.500 e. The van der Waals surface area contributed by atoms with Gasteiger partial charge in [-0.15, -0.1) is 48.0 Å². The first kappa shape index (κ1) is 18.7. The van der Waals surface area contributed by atoms with Gasteiger partial charge in [-0.3, -0.25) is 0 Å². The van der Waals surface area contributed by atoms with Crippen LogP contribution in [0, 0.1) is 32.7 Å². The molecule has 0 fully saturated rings. The summed E-state index contributed by atoms with van der Waals surface area (Å²) in [7, 11) is 0. The molecule has 0 aliphatic rings. The van der Waals surface area contributed by atoms with Gasteiger partial charge in [0, 0.05) is 56.6 Å². The van der Waals surface area contributed by atoms with E-state index in [1.54, 1.807) is 0 Å². The van der Waals surface area contributed by atoms with Crippen LogP contribution in [0.15, 0.2) is 106 Å². The van der Waals surface area contributed by atoms with E-state index in [9.17, 15) is 0 Å². The Morgan fingerprint density at radius 2 is 1.62 bits per heavy atom. The van der Waals surface area contributed by atoms with Crippen molar-refractivity contribution >= 4 is 33.2 Å². The van der Waals surface area contributed by atoms with Crippen molar-refractivity contribution in [3.63, 3.8) is 0 Å². The zero-order chi connectivity index (χ0) is 35.4. The second-order valence-electron chi connectivity index (χ2n) is 9.31. The molecule has 6 heteroatoms. The molecule has 1 radical (unpaired) electrons. The average molecular weight is 733 g/mol. The van der Waals surface area contributed by atoms with E-state index in [1.807, 2.05) is 54.7 Å². The Labute approximate surface area is 269 Å². The van der Waals surface area contributed by atoms with Gasteiger partial charge in [0.1, 0.15) is 5.58 Å². The van der Waals surface area contributed by atoms with Gasteiger partial charge in [0.2, 0.25) is 5.71 Å². The molecule has 5 aromatic heterocycles. The quantitative estimate of drug-likeness (QED) is 0.170. The smallest absolute Gasteiger partial charge is 0.220 e. The van der Waals surface area contributed by atoms with E-state index in [0.717, 1.165) is 17.5 Å². The number of hydrogen-bond donors (Lipinski definition) is 0. The van der Waals surface area contributed by atoms with Crippen LogP contribution in [0.5, 0.6) is 0 Å². The van der Waals surface area contributed by atoms with Gasteiger partial charge >= 0.3 is 0 Å². The molecule has 0 N–H and O–H groups in total. The number of furan rings is 2. The van der Waals surface area contributed by atoms with Crippen molar-refractivity contribution in [2.75, 3.05) is 0 Å². The molecule has 207 valence electrons. The largest absolute Gasteiger partial charge is 0.500 e. The summed E-state index contributed by atoms with van der Waals surface area (Å²) < 4.78 is 80.6. The Morgan fingerprint density at radius 1 is 0.738 bits per heavy atom. The van der Waals surface area contributed by atoms with E-state index >= 15 is 0 Å². The molecule has 0 spiro atoms. The van der Waals surface area contributed by atoms with Crippen molar-refractivity contribution in [3.8, 4) is 33.6 Å². The van der Waals surface area contributed by atoms with E-state index in [4.69, 9.17) is 21.2 Å². The summed E-state index contributed by atoms with van der Waals surface area (Å²) in [4.78, 5) is 12.7. The van der Waals surface area contributed by atoms with E-state index < -0.39 is 20.6 Å². The summed E-state index contributed by atoms with van der Waals surface area (Å²) in [6.07, 6.45) is 2.87. The number of aromatic nitrogens is 3. The number of hydrogen-bond acceptors (Lipinski definition) is 5. The molecular weight excluding hydrogens is 699 g/mol. The number of pyridine rings is 3. The molecule has 0 aliphatic carbocycles. The van der Waals surface area contributed by atoms with Crippen molar-refractivity contribution in [2.24, 2.45) is 0 Å². The maximum absolute atomic E-state index is 7.77. The third kappa shape index (κ3) is 5.00. The van der Waals surface area contributed by atoms with Gasteiger partial charge in [-0.05, 0) is 60.1 Å². The fourth-order valence-electron chi connectivity index (χ4n) is 4.75. The average Bonchev–Trinajstić information content (AvgIpc) is 3.68. The molecule has 8 aromatic rings. The van der Waals surface area contributed by atoms with Crippen LogP contribution in [-0.4, -0.2) is 15.0 Å². The summed E-state index contributed by atoms with van der Waals surface area (Å²) in [5.41, 5.74) is 4.84. The Morgan fingerprint density at radius 3 is 2.43 bits per heavy atom. The van der Waals surface area contributed by atoms with E-state index in [0.29, 0.717) is 16.4 Å². The van der Waals surface area contributed by atoms with E-state index in [-0.39, 0.29) is 65.1 Å². The molecule has 0 bridgehead atoms. The predicted molar refractivity (Wildman–Crippen MR) is 163 cm³/mol. The molecule has 8 rings (SSSR count). The summed E-state index contributed by atoms with van der Waals surface area (Å²) in [5.74, 6) is 0. The number of nitrogens with zero attached hydrogens (tertiary/aromatic N) is 3. The summed E-state index contributed by atoms with van der Waals surface area (Å²) in [6.45, 7) is -7.81. The summed E-state index contributed by atoms with van der Waals surface area (Å²) in [5, 5.41) is 1.03.